The Morgan fingerprint density at radius 3 is 2.32 bits per heavy atom. The molecular formula is C24H17Cl2N5O3. The van der Waals surface area contributed by atoms with E-state index in [9.17, 15) is 14.9 Å². The smallest absolute Gasteiger partial charge is 0.269 e. The Kier molecular flexibility index (Phi) is 6.45. The zero-order chi connectivity index (χ0) is 24.4. The van der Waals surface area contributed by atoms with Crippen molar-refractivity contribution in [2.75, 3.05) is 5.32 Å². The number of hydrogen-bond donors (Lipinski definition) is 2. The number of nitro benzene ring substituents is 1. The number of aromatic nitrogens is 2. The van der Waals surface area contributed by atoms with Gasteiger partial charge in [0.2, 0.25) is 0 Å². The summed E-state index contributed by atoms with van der Waals surface area (Å²) in [6.07, 6.45) is 0.913. The van der Waals surface area contributed by atoms with Crippen LogP contribution in [0.1, 0.15) is 11.1 Å². The largest absolute Gasteiger partial charge is 0.339 e. The van der Waals surface area contributed by atoms with E-state index in [2.05, 4.69) is 10.3 Å². The molecule has 0 spiro atoms. The Morgan fingerprint density at radius 2 is 1.74 bits per heavy atom. The van der Waals surface area contributed by atoms with Crippen molar-refractivity contribution in [2.45, 2.75) is 6.92 Å². The fourth-order valence-corrected chi connectivity index (χ4v) is 3.82. The van der Waals surface area contributed by atoms with Crippen LogP contribution < -0.4 is 10.9 Å². The molecule has 1 aromatic heterocycles. The van der Waals surface area contributed by atoms with E-state index in [0.717, 1.165) is 11.8 Å². The minimum Gasteiger partial charge on any atom is -0.339 e. The molecule has 0 radical (unpaired) electrons. The maximum atomic E-state index is 13.6. The van der Waals surface area contributed by atoms with Gasteiger partial charge in [-0.15, -0.1) is 0 Å². The van der Waals surface area contributed by atoms with E-state index in [4.69, 9.17) is 28.6 Å². The second kappa shape index (κ2) is 9.46. The molecule has 8 nitrogen and oxygen atoms in total. The first kappa shape index (κ1) is 23.2. The minimum absolute atomic E-state index is 0.000266. The third-order valence-electron chi connectivity index (χ3n) is 5.05. The SMILES string of the molecule is Cc1ccc(-c2nc(Nc3ccc([N+](=O)[O-])cc3)c(C=N)c(=O)n2-c2ccc(Cl)cc2)c(Cl)c1. The van der Waals surface area contributed by atoms with Crippen LogP contribution in [0.2, 0.25) is 10.0 Å². The zero-order valence-electron chi connectivity index (χ0n) is 17.8. The third-order valence-corrected chi connectivity index (χ3v) is 5.62. The topological polar surface area (TPSA) is 114 Å². The molecule has 0 aliphatic carbocycles. The minimum atomic E-state index is -0.504. The van der Waals surface area contributed by atoms with Crippen LogP contribution in [-0.2, 0) is 0 Å². The number of nitrogens with zero attached hydrogens (tertiary/aromatic N) is 3. The molecule has 10 heteroatoms. The highest BCUT2D eigenvalue weighted by Crippen LogP contribution is 2.31. The Labute approximate surface area is 204 Å². The molecule has 0 fully saturated rings. The molecule has 1 heterocycles. The van der Waals surface area contributed by atoms with Crippen LogP contribution >= 0.6 is 23.2 Å². The molecule has 4 aromatic rings. The molecule has 0 saturated carbocycles. The van der Waals surface area contributed by atoms with Gasteiger partial charge in [0.05, 0.1) is 15.6 Å². The Bertz CT molecular complexity index is 1470. The average Bonchev–Trinajstić information content (AvgIpc) is 2.80. The van der Waals surface area contributed by atoms with Crippen molar-refractivity contribution in [3.05, 3.63) is 108 Å². The van der Waals surface area contributed by atoms with Crippen molar-refractivity contribution in [1.29, 1.82) is 5.41 Å². The molecule has 0 saturated heterocycles. The van der Waals surface area contributed by atoms with Crippen molar-refractivity contribution in [2.24, 2.45) is 0 Å². The molecule has 4 rings (SSSR count). The Hall–Kier alpha value is -4.01. The van der Waals surface area contributed by atoms with Crippen LogP contribution in [0.25, 0.3) is 17.1 Å². The lowest BCUT2D eigenvalue weighted by Gasteiger charge is -2.18. The fraction of sp³-hybridized carbons (Fsp3) is 0.0417. The monoisotopic (exact) mass is 493 g/mol. The van der Waals surface area contributed by atoms with Crippen molar-refractivity contribution in [1.82, 2.24) is 9.55 Å². The van der Waals surface area contributed by atoms with Gasteiger partial charge in [-0.3, -0.25) is 19.5 Å². The lowest BCUT2D eigenvalue weighted by molar-refractivity contribution is -0.384. The van der Waals surface area contributed by atoms with Crippen LogP contribution in [0.3, 0.4) is 0 Å². The van der Waals surface area contributed by atoms with Gasteiger partial charge >= 0.3 is 0 Å². The van der Waals surface area contributed by atoms with Crippen LogP contribution in [-0.4, -0.2) is 20.7 Å². The number of halogens is 2. The number of anilines is 2. The van der Waals surface area contributed by atoms with E-state index < -0.39 is 10.5 Å². The summed E-state index contributed by atoms with van der Waals surface area (Å²) < 4.78 is 1.37. The van der Waals surface area contributed by atoms with Gasteiger partial charge in [0.15, 0.2) is 5.82 Å². The number of aryl methyl sites for hydroxylation is 1. The van der Waals surface area contributed by atoms with E-state index in [1.165, 1.54) is 28.8 Å². The average molecular weight is 494 g/mol. The van der Waals surface area contributed by atoms with Gasteiger partial charge < -0.3 is 10.7 Å². The standard InChI is InChI=1S/C24H17Cl2N5O3/c1-14-2-11-19(21(26)12-14)23-29-22(28-16-5-9-18(10-6-16)31(33)34)20(13-27)24(32)30(23)17-7-3-15(25)4-8-17/h2-13,27-28H,1H3. The summed E-state index contributed by atoms with van der Waals surface area (Å²) in [7, 11) is 0. The lowest BCUT2D eigenvalue weighted by atomic mass is 10.1. The van der Waals surface area contributed by atoms with Gasteiger partial charge in [-0.1, -0.05) is 29.3 Å². The summed E-state index contributed by atoms with van der Waals surface area (Å²) in [5.74, 6) is 0.373. The van der Waals surface area contributed by atoms with Crippen molar-refractivity contribution in [3.8, 4) is 17.1 Å². The van der Waals surface area contributed by atoms with E-state index in [1.54, 1.807) is 36.4 Å². The maximum Gasteiger partial charge on any atom is 0.269 e. The lowest BCUT2D eigenvalue weighted by Crippen LogP contribution is -2.27. The van der Waals surface area contributed by atoms with Crippen molar-refractivity contribution in [3.63, 3.8) is 0 Å². The van der Waals surface area contributed by atoms with Gasteiger partial charge in [-0.05, 0) is 61.0 Å². The number of hydrogen-bond acceptors (Lipinski definition) is 6. The van der Waals surface area contributed by atoms with E-state index in [0.29, 0.717) is 27.0 Å². The molecule has 0 aliphatic rings. The maximum absolute atomic E-state index is 13.6. The highest BCUT2D eigenvalue weighted by atomic mass is 35.5. The number of rotatable bonds is 6. The van der Waals surface area contributed by atoms with E-state index >= 15 is 0 Å². The first-order chi connectivity index (χ1) is 16.3. The summed E-state index contributed by atoms with van der Waals surface area (Å²) in [6, 6.07) is 17.7. The fourth-order valence-electron chi connectivity index (χ4n) is 3.37. The van der Waals surface area contributed by atoms with Crippen LogP contribution in [0.5, 0.6) is 0 Å². The number of benzene rings is 3. The van der Waals surface area contributed by atoms with Gasteiger partial charge in [0.1, 0.15) is 11.4 Å². The second-order valence-electron chi connectivity index (χ2n) is 7.37. The van der Waals surface area contributed by atoms with Gasteiger partial charge in [-0.2, -0.15) is 0 Å². The summed E-state index contributed by atoms with van der Waals surface area (Å²) in [5, 5.41) is 22.7. The highest BCUT2D eigenvalue weighted by Gasteiger charge is 2.20. The molecule has 2 N–H and O–H groups in total. The van der Waals surface area contributed by atoms with Gasteiger partial charge in [0, 0.05) is 34.6 Å². The quantitative estimate of drug-likeness (QED) is 0.189. The summed E-state index contributed by atoms with van der Waals surface area (Å²) in [4.78, 5) is 28.7. The van der Waals surface area contributed by atoms with Crippen LogP contribution in [0.4, 0.5) is 17.2 Å². The predicted molar refractivity (Wildman–Crippen MR) is 134 cm³/mol. The molecule has 0 amide bonds. The van der Waals surface area contributed by atoms with Crippen LogP contribution in [0.15, 0.2) is 71.5 Å². The number of nitro groups is 1. The van der Waals surface area contributed by atoms with Gasteiger partial charge in [0.25, 0.3) is 11.2 Å². The first-order valence-corrected chi connectivity index (χ1v) is 10.8. The second-order valence-corrected chi connectivity index (χ2v) is 8.21. The van der Waals surface area contributed by atoms with E-state index in [1.807, 2.05) is 13.0 Å². The molecule has 0 bridgehead atoms. The molecule has 34 heavy (non-hydrogen) atoms. The summed E-state index contributed by atoms with van der Waals surface area (Å²) >= 11 is 12.6. The molecular weight excluding hydrogens is 477 g/mol. The molecule has 0 atom stereocenters. The Morgan fingerprint density at radius 1 is 1.06 bits per heavy atom. The van der Waals surface area contributed by atoms with Crippen LogP contribution in [0, 0.1) is 22.4 Å². The molecule has 170 valence electrons. The number of nitrogens with one attached hydrogen (secondary N) is 2. The zero-order valence-corrected chi connectivity index (χ0v) is 19.3. The molecule has 0 aliphatic heterocycles. The third kappa shape index (κ3) is 4.54. The summed E-state index contributed by atoms with van der Waals surface area (Å²) in [5.41, 5.74) is 1.85. The van der Waals surface area contributed by atoms with Crippen molar-refractivity contribution < 1.29 is 4.92 Å². The predicted octanol–water partition coefficient (Wildman–Crippen LogP) is 6.16. The molecule has 0 unspecified atom stereocenters. The first-order valence-electron chi connectivity index (χ1n) is 10.00. The van der Waals surface area contributed by atoms with E-state index in [-0.39, 0.29) is 22.9 Å². The number of non-ortho nitro benzene ring substituents is 1. The highest BCUT2D eigenvalue weighted by molar-refractivity contribution is 6.33. The molecule has 3 aromatic carbocycles. The van der Waals surface area contributed by atoms with Crippen molar-refractivity contribution >= 4 is 46.6 Å². The Balaban J connectivity index is 1.95. The van der Waals surface area contributed by atoms with Gasteiger partial charge in [-0.25, -0.2) is 4.98 Å². The normalized spacial score (nSPS) is 10.7. The summed E-state index contributed by atoms with van der Waals surface area (Å²) in [6.45, 7) is 1.90.